The van der Waals surface area contributed by atoms with Crippen LogP contribution in [0.2, 0.25) is 0 Å². The Morgan fingerprint density at radius 3 is 2.60 bits per heavy atom. The molecule has 0 N–H and O–H groups in total. The summed E-state index contributed by atoms with van der Waals surface area (Å²) < 4.78 is 0. The van der Waals surface area contributed by atoms with Gasteiger partial charge >= 0.3 is 0 Å². The zero-order chi connectivity index (χ0) is 17.8. The lowest BCUT2D eigenvalue weighted by Gasteiger charge is -2.22. The molecule has 3 rings (SSSR count). The van der Waals surface area contributed by atoms with Crippen LogP contribution in [-0.4, -0.2) is 13.3 Å². The van der Waals surface area contributed by atoms with Gasteiger partial charge in [-0.05, 0) is 66.3 Å². The first-order valence-electron chi connectivity index (χ1n) is 8.32. The number of carbonyl (C=O) groups excluding carboxylic acids is 1. The Morgan fingerprint density at radius 2 is 1.84 bits per heavy atom. The van der Waals surface area contributed by atoms with Crippen molar-refractivity contribution in [3.05, 3.63) is 76.4 Å². The van der Waals surface area contributed by atoms with Gasteiger partial charge in [0.05, 0.1) is 5.57 Å². The number of nitriles is 1. The second-order valence-electron chi connectivity index (χ2n) is 6.29. The summed E-state index contributed by atoms with van der Waals surface area (Å²) in [5.74, 6) is 0. The van der Waals surface area contributed by atoms with Crippen molar-refractivity contribution in [2.24, 2.45) is 0 Å². The van der Waals surface area contributed by atoms with Crippen molar-refractivity contribution in [3.8, 4) is 6.07 Å². The molecule has 0 saturated heterocycles. The van der Waals surface area contributed by atoms with E-state index in [4.69, 9.17) is 5.26 Å². The molecule has 0 amide bonds. The molecular formula is C22H20N2O. The quantitative estimate of drug-likeness (QED) is 0.358. The molecular weight excluding hydrogens is 308 g/mol. The normalized spacial score (nSPS) is 14.2. The zero-order valence-electron chi connectivity index (χ0n) is 14.5. The van der Waals surface area contributed by atoms with E-state index in [1.54, 1.807) is 6.08 Å². The molecule has 1 heterocycles. The van der Waals surface area contributed by atoms with E-state index >= 15 is 0 Å². The maximum absolute atomic E-state index is 10.8. The van der Waals surface area contributed by atoms with Crippen LogP contribution in [0.5, 0.6) is 0 Å². The minimum atomic E-state index is 0.138. The third-order valence-electron chi connectivity index (χ3n) is 4.52. The van der Waals surface area contributed by atoms with Gasteiger partial charge in [-0.1, -0.05) is 30.3 Å². The van der Waals surface area contributed by atoms with Crippen LogP contribution >= 0.6 is 0 Å². The van der Waals surface area contributed by atoms with Gasteiger partial charge in [-0.3, -0.25) is 4.79 Å². The lowest BCUT2D eigenvalue weighted by Crippen LogP contribution is -2.11. The van der Waals surface area contributed by atoms with E-state index in [9.17, 15) is 4.79 Å². The van der Waals surface area contributed by atoms with E-state index in [0.29, 0.717) is 6.29 Å². The van der Waals surface area contributed by atoms with Gasteiger partial charge in [0.15, 0.2) is 6.29 Å². The average molecular weight is 328 g/mol. The standard InChI is InChI=1S/C22H20N2O/c1-16(12-18(14-23)15-25)11-17-7-10-22-20(13-17)9-8-19-5-3-4-6-21(19)24(22)2/h3-7,10-13,15H,8-9H2,1-2H3/b16-11-,18-12-. The average Bonchev–Trinajstić information content (AvgIpc) is 2.77. The fraction of sp³-hybridized carbons (Fsp3) is 0.182. The second-order valence-corrected chi connectivity index (χ2v) is 6.29. The molecule has 0 fully saturated rings. The summed E-state index contributed by atoms with van der Waals surface area (Å²) in [5, 5.41) is 8.86. The van der Waals surface area contributed by atoms with E-state index in [1.165, 1.54) is 22.5 Å². The summed E-state index contributed by atoms with van der Waals surface area (Å²) >= 11 is 0. The number of nitrogens with zero attached hydrogens (tertiary/aromatic N) is 2. The van der Waals surface area contributed by atoms with E-state index in [1.807, 2.05) is 19.1 Å². The molecule has 124 valence electrons. The maximum atomic E-state index is 10.8. The predicted octanol–water partition coefficient (Wildman–Crippen LogP) is 4.61. The smallest absolute Gasteiger partial charge is 0.160 e. The van der Waals surface area contributed by atoms with Crippen LogP contribution in [0.15, 0.2) is 59.7 Å². The molecule has 0 spiro atoms. The molecule has 3 heteroatoms. The Bertz CT molecular complexity index is 916. The number of allylic oxidation sites excluding steroid dienone is 3. The molecule has 2 aromatic carbocycles. The van der Waals surface area contributed by atoms with Gasteiger partial charge in [-0.2, -0.15) is 5.26 Å². The summed E-state index contributed by atoms with van der Waals surface area (Å²) in [5.41, 5.74) is 7.25. The molecule has 3 nitrogen and oxygen atoms in total. The summed E-state index contributed by atoms with van der Waals surface area (Å²) in [4.78, 5) is 13.0. The first-order valence-corrected chi connectivity index (χ1v) is 8.32. The van der Waals surface area contributed by atoms with Crippen LogP contribution in [-0.2, 0) is 17.6 Å². The van der Waals surface area contributed by atoms with Crippen molar-refractivity contribution in [1.29, 1.82) is 5.26 Å². The van der Waals surface area contributed by atoms with Gasteiger partial charge in [0.2, 0.25) is 0 Å². The predicted molar refractivity (Wildman–Crippen MR) is 102 cm³/mol. The lowest BCUT2D eigenvalue weighted by atomic mass is 10.0. The number of para-hydroxylation sites is 1. The Balaban J connectivity index is 1.95. The van der Waals surface area contributed by atoms with Crippen molar-refractivity contribution in [3.63, 3.8) is 0 Å². The van der Waals surface area contributed by atoms with Crippen LogP contribution in [0, 0.1) is 11.3 Å². The molecule has 1 aliphatic rings. The van der Waals surface area contributed by atoms with Crippen LogP contribution < -0.4 is 4.90 Å². The summed E-state index contributed by atoms with van der Waals surface area (Å²) in [6.45, 7) is 1.90. The second kappa shape index (κ2) is 7.19. The van der Waals surface area contributed by atoms with Gasteiger partial charge in [-0.15, -0.1) is 0 Å². The summed E-state index contributed by atoms with van der Waals surface area (Å²) in [6.07, 6.45) is 6.20. The number of rotatable bonds is 3. The number of hydrogen-bond acceptors (Lipinski definition) is 3. The molecule has 0 radical (unpaired) electrons. The molecule has 0 atom stereocenters. The Hall–Kier alpha value is -3.12. The minimum Gasteiger partial charge on any atom is -0.344 e. The topological polar surface area (TPSA) is 44.1 Å². The van der Waals surface area contributed by atoms with Gasteiger partial charge in [0.1, 0.15) is 6.07 Å². The molecule has 0 aliphatic carbocycles. The Kier molecular flexibility index (Phi) is 4.81. The lowest BCUT2D eigenvalue weighted by molar-refractivity contribution is -0.104. The van der Waals surface area contributed by atoms with Crippen LogP contribution in [0.4, 0.5) is 11.4 Å². The zero-order valence-corrected chi connectivity index (χ0v) is 14.5. The molecule has 0 unspecified atom stereocenters. The maximum Gasteiger partial charge on any atom is 0.160 e. The first kappa shape index (κ1) is 16.7. The van der Waals surface area contributed by atoms with Gasteiger partial charge in [-0.25, -0.2) is 0 Å². The highest BCUT2D eigenvalue weighted by Gasteiger charge is 2.17. The Labute approximate surface area is 148 Å². The number of aryl methyl sites for hydroxylation is 2. The minimum absolute atomic E-state index is 0.138. The van der Waals surface area contributed by atoms with Gasteiger partial charge in [0, 0.05) is 18.4 Å². The van der Waals surface area contributed by atoms with Crippen LogP contribution in [0.3, 0.4) is 0 Å². The number of aldehydes is 1. The van der Waals surface area contributed by atoms with Crippen LogP contribution in [0.25, 0.3) is 6.08 Å². The molecule has 0 bridgehead atoms. The third-order valence-corrected chi connectivity index (χ3v) is 4.52. The van der Waals surface area contributed by atoms with Crippen molar-refractivity contribution >= 4 is 23.7 Å². The molecule has 0 aromatic heterocycles. The third kappa shape index (κ3) is 3.54. The molecule has 2 aromatic rings. The summed E-state index contributed by atoms with van der Waals surface area (Å²) in [6, 6.07) is 16.8. The fourth-order valence-electron chi connectivity index (χ4n) is 3.31. The number of anilines is 2. The van der Waals surface area contributed by atoms with E-state index in [0.717, 1.165) is 24.0 Å². The Morgan fingerprint density at radius 1 is 1.12 bits per heavy atom. The highest BCUT2D eigenvalue weighted by Crippen LogP contribution is 2.35. The van der Waals surface area contributed by atoms with Gasteiger partial charge in [0.25, 0.3) is 0 Å². The largest absolute Gasteiger partial charge is 0.344 e. The molecule has 0 saturated carbocycles. The highest BCUT2D eigenvalue weighted by atomic mass is 16.1. The fourth-order valence-corrected chi connectivity index (χ4v) is 3.31. The van der Waals surface area contributed by atoms with Crippen molar-refractivity contribution in [2.45, 2.75) is 19.8 Å². The van der Waals surface area contributed by atoms with Crippen LogP contribution in [0.1, 0.15) is 23.6 Å². The summed E-state index contributed by atoms with van der Waals surface area (Å²) in [7, 11) is 2.11. The molecule has 1 aliphatic heterocycles. The number of hydrogen-bond donors (Lipinski definition) is 0. The van der Waals surface area contributed by atoms with Gasteiger partial charge < -0.3 is 4.90 Å². The first-order chi connectivity index (χ1) is 12.1. The molecule has 25 heavy (non-hydrogen) atoms. The van der Waals surface area contributed by atoms with E-state index in [-0.39, 0.29) is 5.57 Å². The van der Waals surface area contributed by atoms with E-state index < -0.39 is 0 Å². The number of carbonyl (C=O) groups is 1. The van der Waals surface area contributed by atoms with Crippen molar-refractivity contribution in [2.75, 3.05) is 11.9 Å². The van der Waals surface area contributed by atoms with Crippen molar-refractivity contribution < 1.29 is 4.79 Å². The number of fused-ring (bicyclic) bond motifs is 2. The monoisotopic (exact) mass is 328 g/mol. The SMILES string of the molecule is CC(/C=C(/C#N)C=O)=C/c1ccc2c(c1)CCc1ccccc1N2C. The number of benzene rings is 2. The van der Waals surface area contributed by atoms with E-state index in [2.05, 4.69) is 54.4 Å². The van der Waals surface area contributed by atoms with Crippen molar-refractivity contribution in [1.82, 2.24) is 0 Å². The highest BCUT2D eigenvalue weighted by molar-refractivity contribution is 5.80.